The third-order valence-electron chi connectivity index (χ3n) is 1.95. The second-order valence-corrected chi connectivity index (χ2v) is 3.20. The van der Waals surface area contributed by atoms with Gasteiger partial charge in [0.15, 0.2) is 0 Å². The first-order valence-electron chi connectivity index (χ1n) is 3.84. The number of halogens is 2. The standard InChI is InChI=1S/C7H12O2.Cl2O/c8-7(9)6-4-2-1-3-5-6;1-3-2/h6H,1-5H2,(H,8,9);. The summed E-state index contributed by atoms with van der Waals surface area (Å²) in [6.07, 6.45) is 5.24. The van der Waals surface area contributed by atoms with Gasteiger partial charge in [0.1, 0.15) is 0 Å². The highest BCUT2D eigenvalue weighted by Crippen LogP contribution is 2.23. The van der Waals surface area contributed by atoms with Crippen LogP contribution < -0.4 is 0 Å². The molecule has 0 aromatic rings. The summed E-state index contributed by atoms with van der Waals surface area (Å²) in [5.41, 5.74) is 0. The van der Waals surface area contributed by atoms with Gasteiger partial charge in [0.05, 0.1) is 29.7 Å². The van der Waals surface area contributed by atoms with Gasteiger partial charge in [-0.05, 0) is 12.8 Å². The van der Waals surface area contributed by atoms with Crippen molar-refractivity contribution < 1.29 is 13.7 Å². The molecule has 1 saturated carbocycles. The van der Waals surface area contributed by atoms with Crippen LogP contribution in [0.3, 0.4) is 0 Å². The molecule has 0 heterocycles. The van der Waals surface area contributed by atoms with Gasteiger partial charge in [-0.3, -0.25) is 4.79 Å². The molecule has 1 aliphatic rings. The van der Waals surface area contributed by atoms with Crippen LogP contribution in [-0.2, 0) is 8.64 Å². The van der Waals surface area contributed by atoms with Crippen LogP contribution in [0.15, 0.2) is 0 Å². The number of carboxylic acids is 1. The van der Waals surface area contributed by atoms with Crippen LogP contribution in [0.2, 0.25) is 0 Å². The number of hydrogen-bond donors (Lipinski definition) is 1. The summed E-state index contributed by atoms with van der Waals surface area (Å²) in [5, 5.41) is 8.54. The quantitative estimate of drug-likeness (QED) is 0.731. The summed E-state index contributed by atoms with van der Waals surface area (Å²) in [7, 11) is 0. The predicted molar refractivity (Wildman–Crippen MR) is 47.0 cm³/mol. The second kappa shape index (κ2) is 7.65. The van der Waals surface area contributed by atoms with E-state index in [0.717, 1.165) is 25.7 Å². The molecule has 0 atom stereocenters. The SMILES string of the molecule is ClOCl.O=C(O)C1CCCCC1. The molecule has 1 rings (SSSR count). The molecule has 3 nitrogen and oxygen atoms in total. The van der Waals surface area contributed by atoms with Crippen LogP contribution in [-0.4, -0.2) is 11.1 Å². The molecule has 0 bridgehead atoms. The van der Waals surface area contributed by atoms with E-state index in [1.54, 1.807) is 0 Å². The van der Waals surface area contributed by atoms with Crippen molar-refractivity contribution in [1.29, 1.82) is 0 Å². The highest BCUT2D eigenvalue weighted by atomic mass is 35.6. The minimum absolute atomic E-state index is 0.0289. The second-order valence-electron chi connectivity index (χ2n) is 2.73. The zero-order valence-electron chi connectivity index (χ0n) is 6.63. The van der Waals surface area contributed by atoms with Gasteiger partial charge >= 0.3 is 5.97 Å². The predicted octanol–water partition coefficient (Wildman–Crippen LogP) is 2.96. The average Bonchev–Trinajstić information content (AvgIpc) is 2.07. The fourth-order valence-corrected chi connectivity index (χ4v) is 1.35. The maximum Gasteiger partial charge on any atom is 0.306 e. The van der Waals surface area contributed by atoms with E-state index < -0.39 is 5.97 Å². The molecular weight excluding hydrogens is 203 g/mol. The van der Waals surface area contributed by atoms with Crippen LogP contribution >= 0.6 is 23.7 Å². The molecule has 1 aliphatic carbocycles. The normalized spacial score (nSPS) is 17.8. The Morgan fingerprint density at radius 2 is 1.67 bits per heavy atom. The summed E-state index contributed by atoms with van der Waals surface area (Å²) in [4.78, 5) is 10.4. The van der Waals surface area contributed by atoms with Crippen LogP contribution in [0.4, 0.5) is 0 Å². The van der Waals surface area contributed by atoms with Crippen molar-refractivity contribution in [1.82, 2.24) is 0 Å². The fourth-order valence-electron chi connectivity index (χ4n) is 1.35. The number of carboxylic acid groups (broad SMARTS) is 1. The Labute approximate surface area is 81.9 Å². The summed E-state index contributed by atoms with van der Waals surface area (Å²) in [5.74, 6) is -0.631. The average molecular weight is 215 g/mol. The Hall–Kier alpha value is 0.01000. The van der Waals surface area contributed by atoms with E-state index in [9.17, 15) is 4.79 Å². The van der Waals surface area contributed by atoms with E-state index in [0.29, 0.717) is 0 Å². The van der Waals surface area contributed by atoms with Crippen molar-refractivity contribution in [2.75, 3.05) is 0 Å². The van der Waals surface area contributed by atoms with Gasteiger partial charge in [-0.15, -0.1) is 0 Å². The lowest BCUT2D eigenvalue weighted by Crippen LogP contribution is -2.16. The molecule has 0 unspecified atom stereocenters. The van der Waals surface area contributed by atoms with Crippen LogP contribution in [0.5, 0.6) is 0 Å². The molecule has 0 saturated heterocycles. The van der Waals surface area contributed by atoms with Crippen molar-refractivity contribution in [3.63, 3.8) is 0 Å². The monoisotopic (exact) mass is 214 g/mol. The lowest BCUT2D eigenvalue weighted by Gasteiger charge is -2.16. The number of hydrogen-bond acceptors (Lipinski definition) is 2. The number of rotatable bonds is 1. The van der Waals surface area contributed by atoms with E-state index in [1.165, 1.54) is 6.42 Å². The van der Waals surface area contributed by atoms with Gasteiger partial charge in [-0.2, -0.15) is 3.84 Å². The fraction of sp³-hybridized carbons (Fsp3) is 0.857. The first-order chi connectivity index (χ1) is 5.72. The van der Waals surface area contributed by atoms with E-state index in [1.807, 2.05) is 0 Å². The molecule has 5 heteroatoms. The smallest absolute Gasteiger partial charge is 0.306 e. The maximum atomic E-state index is 10.4. The summed E-state index contributed by atoms with van der Waals surface area (Å²) >= 11 is 8.53. The highest BCUT2D eigenvalue weighted by Gasteiger charge is 2.19. The maximum absolute atomic E-state index is 10.4. The van der Waals surface area contributed by atoms with Crippen molar-refractivity contribution >= 4 is 29.7 Å². The zero-order valence-corrected chi connectivity index (χ0v) is 8.14. The molecule has 0 aliphatic heterocycles. The van der Waals surface area contributed by atoms with E-state index >= 15 is 0 Å². The van der Waals surface area contributed by atoms with E-state index in [4.69, 9.17) is 5.11 Å². The largest absolute Gasteiger partial charge is 0.481 e. The first kappa shape index (κ1) is 12.0. The number of carbonyl (C=O) groups is 1. The van der Waals surface area contributed by atoms with Gasteiger partial charge < -0.3 is 5.11 Å². The van der Waals surface area contributed by atoms with E-state index in [2.05, 4.69) is 27.6 Å². The minimum atomic E-state index is -0.602. The van der Waals surface area contributed by atoms with Crippen molar-refractivity contribution in [2.24, 2.45) is 5.92 Å². The van der Waals surface area contributed by atoms with Crippen molar-refractivity contribution in [3.8, 4) is 0 Å². The zero-order chi connectivity index (χ0) is 9.40. The minimum Gasteiger partial charge on any atom is -0.481 e. The molecular formula is C7H12Cl2O3. The Morgan fingerprint density at radius 1 is 1.25 bits per heavy atom. The van der Waals surface area contributed by atoms with E-state index in [-0.39, 0.29) is 5.92 Å². The molecule has 1 fully saturated rings. The summed E-state index contributed by atoms with van der Waals surface area (Å²) in [6, 6.07) is 0. The van der Waals surface area contributed by atoms with Gasteiger partial charge in [0, 0.05) is 0 Å². The lowest BCUT2D eigenvalue weighted by molar-refractivity contribution is -0.142. The van der Waals surface area contributed by atoms with Gasteiger partial charge in [0.25, 0.3) is 0 Å². The molecule has 0 aromatic heterocycles. The van der Waals surface area contributed by atoms with Crippen LogP contribution in [0, 0.1) is 5.92 Å². The van der Waals surface area contributed by atoms with Crippen LogP contribution in [0.1, 0.15) is 32.1 Å². The number of aliphatic carboxylic acids is 1. The molecule has 12 heavy (non-hydrogen) atoms. The Morgan fingerprint density at radius 3 is 1.92 bits per heavy atom. The third-order valence-corrected chi connectivity index (χ3v) is 1.95. The lowest BCUT2D eigenvalue weighted by atomic mass is 9.90. The molecule has 0 amide bonds. The molecule has 0 radical (unpaired) electrons. The molecule has 1 N–H and O–H groups in total. The Bertz CT molecular complexity index is 124. The van der Waals surface area contributed by atoms with Crippen LogP contribution in [0.25, 0.3) is 0 Å². The van der Waals surface area contributed by atoms with Gasteiger partial charge in [0.2, 0.25) is 0 Å². The molecule has 0 spiro atoms. The van der Waals surface area contributed by atoms with Crippen molar-refractivity contribution in [2.45, 2.75) is 32.1 Å². The topological polar surface area (TPSA) is 46.5 Å². The summed E-state index contributed by atoms with van der Waals surface area (Å²) < 4.78 is 3.19. The summed E-state index contributed by atoms with van der Waals surface area (Å²) in [6.45, 7) is 0. The van der Waals surface area contributed by atoms with Gasteiger partial charge in [-0.1, -0.05) is 19.3 Å². The first-order valence-corrected chi connectivity index (χ1v) is 4.46. The molecule has 0 aromatic carbocycles. The Kier molecular flexibility index (Phi) is 7.65. The Balaban J connectivity index is 0.000000354. The molecule has 72 valence electrons. The highest BCUT2D eigenvalue weighted by molar-refractivity contribution is 6.24. The van der Waals surface area contributed by atoms with Gasteiger partial charge in [-0.25, -0.2) is 0 Å². The van der Waals surface area contributed by atoms with Crippen molar-refractivity contribution in [3.05, 3.63) is 0 Å². The third kappa shape index (κ3) is 5.63.